The first-order valence-corrected chi connectivity index (χ1v) is 8.77. The van der Waals surface area contributed by atoms with E-state index in [4.69, 9.17) is 23.2 Å². The van der Waals surface area contributed by atoms with Crippen LogP contribution in [0.25, 0.3) is 10.9 Å². The van der Waals surface area contributed by atoms with Crippen molar-refractivity contribution < 1.29 is 19.4 Å². The van der Waals surface area contributed by atoms with Crippen LogP contribution in [-0.2, 0) is 11.2 Å². The molecule has 144 valence electrons. The highest BCUT2D eigenvalue weighted by atomic mass is 35.5. The molecule has 2 N–H and O–H groups in total. The van der Waals surface area contributed by atoms with Crippen molar-refractivity contribution >= 4 is 46.2 Å². The standard InChI is InChI=1S/C19H14Cl2N2O5/c1-28-19(27)22-23-9-13(18(25)26)17(24)12-8-10(5-6-15(12)23)7-11-3-2-4-14(20)16(11)21/h2-6,8-9H,7H2,1H3,(H,22,27)(H,25,26). The summed E-state index contributed by atoms with van der Waals surface area (Å²) in [6, 6.07) is 10.2. The molecule has 0 radical (unpaired) electrons. The van der Waals surface area contributed by atoms with Gasteiger partial charge in [-0.1, -0.05) is 41.4 Å². The molecule has 1 aromatic heterocycles. The molecule has 0 bridgehead atoms. The van der Waals surface area contributed by atoms with Gasteiger partial charge >= 0.3 is 12.1 Å². The number of rotatable bonds is 4. The molecular formula is C19H14Cl2N2O5. The summed E-state index contributed by atoms with van der Waals surface area (Å²) in [7, 11) is 1.17. The average molecular weight is 421 g/mol. The summed E-state index contributed by atoms with van der Waals surface area (Å²) in [5.74, 6) is -1.41. The molecule has 1 heterocycles. The molecule has 0 fully saturated rings. The normalized spacial score (nSPS) is 10.7. The molecule has 0 spiro atoms. The van der Waals surface area contributed by atoms with Crippen LogP contribution in [0.2, 0.25) is 10.0 Å². The number of fused-ring (bicyclic) bond motifs is 1. The minimum absolute atomic E-state index is 0.131. The number of carbonyl (C=O) groups is 2. The zero-order valence-corrected chi connectivity index (χ0v) is 16.0. The number of ether oxygens (including phenoxy) is 1. The fourth-order valence-electron chi connectivity index (χ4n) is 2.78. The Morgan fingerprint density at radius 1 is 1.21 bits per heavy atom. The predicted octanol–water partition coefficient (Wildman–Crippen LogP) is 3.91. The third-order valence-electron chi connectivity index (χ3n) is 4.12. The fraction of sp³-hybridized carbons (Fsp3) is 0.105. The maximum absolute atomic E-state index is 12.6. The van der Waals surface area contributed by atoms with Gasteiger partial charge in [0.25, 0.3) is 0 Å². The predicted molar refractivity (Wildman–Crippen MR) is 106 cm³/mol. The van der Waals surface area contributed by atoms with Gasteiger partial charge in [-0.3, -0.25) is 9.47 Å². The van der Waals surface area contributed by atoms with Crippen LogP contribution in [0.15, 0.2) is 47.4 Å². The number of benzene rings is 2. The minimum atomic E-state index is -1.41. The van der Waals surface area contributed by atoms with Crippen LogP contribution in [0.3, 0.4) is 0 Å². The Labute approximate surface area is 169 Å². The second-order valence-corrected chi connectivity index (χ2v) is 6.68. The Hall–Kier alpha value is -3.03. The molecule has 0 unspecified atom stereocenters. The zero-order chi connectivity index (χ0) is 20.4. The number of aromatic carboxylic acids is 1. The lowest BCUT2D eigenvalue weighted by atomic mass is 10.0. The fourth-order valence-corrected chi connectivity index (χ4v) is 3.17. The van der Waals surface area contributed by atoms with Crippen molar-refractivity contribution in [1.82, 2.24) is 4.68 Å². The molecule has 1 amide bonds. The third-order valence-corrected chi connectivity index (χ3v) is 4.98. The first kappa shape index (κ1) is 19.7. The van der Waals surface area contributed by atoms with Gasteiger partial charge < -0.3 is 9.84 Å². The van der Waals surface area contributed by atoms with Gasteiger partial charge in [0.1, 0.15) is 5.56 Å². The highest BCUT2D eigenvalue weighted by molar-refractivity contribution is 6.42. The van der Waals surface area contributed by atoms with E-state index < -0.39 is 23.1 Å². The molecule has 0 saturated carbocycles. The van der Waals surface area contributed by atoms with Gasteiger partial charge in [-0.15, -0.1) is 0 Å². The van der Waals surface area contributed by atoms with Crippen LogP contribution >= 0.6 is 23.2 Å². The number of nitrogens with zero attached hydrogens (tertiary/aromatic N) is 1. The minimum Gasteiger partial charge on any atom is -0.477 e. The summed E-state index contributed by atoms with van der Waals surface area (Å²) in [5.41, 5.74) is 3.01. The van der Waals surface area contributed by atoms with E-state index in [1.807, 2.05) is 6.07 Å². The van der Waals surface area contributed by atoms with Crippen LogP contribution in [0.5, 0.6) is 0 Å². The van der Waals surface area contributed by atoms with Crippen molar-refractivity contribution in [1.29, 1.82) is 0 Å². The van der Waals surface area contributed by atoms with Gasteiger partial charge in [-0.25, -0.2) is 15.0 Å². The van der Waals surface area contributed by atoms with E-state index in [0.717, 1.165) is 22.0 Å². The molecular weight excluding hydrogens is 407 g/mol. The highest BCUT2D eigenvalue weighted by Gasteiger charge is 2.16. The van der Waals surface area contributed by atoms with Gasteiger partial charge in [0, 0.05) is 11.6 Å². The van der Waals surface area contributed by atoms with E-state index in [1.54, 1.807) is 30.3 Å². The molecule has 0 aliphatic heterocycles. The molecule has 0 saturated heterocycles. The molecule has 0 atom stereocenters. The molecule has 28 heavy (non-hydrogen) atoms. The monoisotopic (exact) mass is 420 g/mol. The first-order chi connectivity index (χ1) is 13.3. The number of carboxylic acid groups (broad SMARTS) is 1. The molecule has 3 aromatic rings. The van der Waals surface area contributed by atoms with Crippen molar-refractivity contribution in [2.24, 2.45) is 0 Å². The number of carboxylic acids is 1. The van der Waals surface area contributed by atoms with E-state index in [2.05, 4.69) is 10.2 Å². The lowest BCUT2D eigenvalue weighted by Crippen LogP contribution is -2.27. The van der Waals surface area contributed by atoms with Crippen LogP contribution in [0.1, 0.15) is 21.5 Å². The summed E-state index contributed by atoms with van der Waals surface area (Å²) in [6.45, 7) is 0. The van der Waals surface area contributed by atoms with E-state index in [9.17, 15) is 19.5 Å². The van der Waals surface area contributed by atoms with Gasteiger partial charge in [-0.2, -0.15) is 0 Å². The molecule has 0 aliphatic rings. The Morgan fingerprint density at radius 2 is 1.96 bits per heavy atom. The highest BCUT2D eigenvalue weighted by Crippen LogP contribution is 2.28. The van der Waals surface area contributed by atoms with E-state index in [0.29, 0.717) is 22.0 Å². The number of carbonyl (C=O) groups excluding carboxylic acids is 1. The Kier molecular flexibility index (Phi) is 5.58. The molecule has 0 aliphatic carbocycles. The van der Waals surface area contributed by atoms with Crippen molar-refractivity contribution in [3.05, 3.63) is 79.6 Å². The summed E-state index contributed by atoms with van der Waals surface area (Å²) in [6.07, 6.45) is 0.615. The van der Waals surface area contributed by atoms with Crippen LogP contribution in [-0.4, -0.2) is 29.0 Å². The molecule has 7 nitrogen and oxygen atoms in total. The number of nitrogens with one attached hydrogen (secondary N) is 1. The zero-order valence-electron chi connectivity index (χ0n) is 14.5. The second kappa shape index (κ2) is 7.92. The van der Waals surface area contributed by atoms with Crippen molar-refractivity contribution in [2.45, 2.75) is 6.42 Å². The van der Waals surface area contributed by atoms with Crippen molar-refractivity contribution in [2.75, 3.05) is 12.5 Å². The summed E-state index contributed by atoms with van der Waals surface area (Å²) in [5, 5.41) is 10.3. The Bertz CT molecular complexity index is 1160. The number of aromatic nitrogens is 1. The number of amides is 1. The Morgan fingerprint density at radius 3 is 2.64 bits per heavy atom. The van der Waals surface area contributed by atoms with E-state index in [-0.39, 0.29) is 5.39 Å². The van der Waals surface area contributed by atoms with Crippen LogP contribution < -0.4 is 10.9 Å². The third kappa shape index (κ3) is 3.81. The largest absolute Gasteiger partial charge is 0.477 e. The topological polar surface area (TPSA) is 97.6 Å². The lowest BCUT2D eigenvalue weighted by molar-refractivity contribution is 0.0694. The number of halogens is 2. The van der Waals surface area contributed by atoms with Gasteiger partial charge in [-0.05, 0) is 35.7 Å². The average Bonchev–Trinajstić information content (AvgIpc) is 2.67. The maximum atomic E-state index is 12.6. The SMILES string of the molecule is COC(=O)Nn1cc(C(=O)O)c(=O)c2cc(Cc3cccc(Cl)c3Cl)ccc21. The number of hydrogen-bond donors (Lipinski definition) is 2. The number of methoxy groups -OCH3 is 1. The van der Waals surface area contributed by atoms with E-state index in [1.165, 1.54) is 7.11 Å². The van der Waals surface area contributed by atoms with Crippen LogP contribution in [0.4, 0.5) is 4.79 Å². The lowest BCUT2D eigenvalue weighted by Gasteiger charge is -2.14. The smallest absolute Gasteiger partial charge is 0.426 e. The quantitative estimate of drug-likeness (QED) is 0.666. The molecule has 9 heteroatoms. The molecule has 3 rings (SSSR count). The number of hydrogen-bond acceptors (Lipinski definition) is 4. The van der Waals surface area contributed by atoms with E-state index >= 15 is 0 Å². The Balaban J connectivity index is 2.15. The molecule has 2 aromatic carbocycles. The number of pyridine rings is 1. The first-order valence-electron chi connectivity index (χ1n) is 8.01. The van der Waals surface area contributed by atoms with Gasteiger partial charge in [0.05, 0.1) is 22.7 Å². The van der Waals surface area contributed by atoms with Crippen LogP contribution in [0, 0.1) is 0 Å². The van der Waals surface area contributed by atoms with Gasteiger partial charge in [0.15, 0.2) is 0 Å². The second-order valence-electron chi connectivity index (χ2n) is 5.89. The van der Waals surface area contributed by atoms with Crippen molar-refractivity contribution in [3.8, 4) is 0 Å². The maximum Gasteiger partial charge on any atom is 0.426 e. The van der Waals surface area contributed by atoms with Crippen molar-refractivity contribution in [3.63, 3.8) is 0 Å². The summed E-state index contributed by atoms with van der Waals surface area (Å²) >= 11 is 12.3. The van der Waals surface area contributed by atoms with Gasteiger partial charge in [0.2, 0.25) is 5.43 Å². The summed E-state index contributed by atoms with van der Waals surface area (Å²) in [4.78, 5) is 35.6. The summed E-state index contributed by atoms with van der Waals surface area (Å²) < 4.78 is 5.68.